The monoisotopic (exact) mass is 433 g/mol. The van der Waals surface area contributed by atoms with E-state index in [1.54, 1.807) is 19.2 Å². The highest BCUT2D eigenvalue weighted by Gasteiger charge is 2.45. The largest absolute Gasteiger partial charge is 0.366 e. The number of aryl methyl sites for hydroxylation is 3. The highest BCUT2D eigenvalue weighted by molar-refractivity contribution is 5.94. The molecule has 0 fully saturated rings. The zero-order valence-electron chi connectivity index (χ0n) is 18.4. The highest BCUT2D eigenvalue weighted by atomic mass is 16.1. The van der Waals surface area contributed by atoms with E-state index in [-0.39, 0.29) is 6.04 Å². The first kappa shape index (κ1) is 21.6. The Morgan fingerprint density at radius 2 is 1.59 bits per heavy atom. The van der Waals surface area contributed by atoms with E-state index in [1.807, 2.05) is 31.3 Å². The van der Waals surface area contributed by atoms with E-state index < -0.39 is 17.2 Å². The molecule has 0 spiro atoms. The van der Waals surface area contributed by atoms with Crippen LogP contribution in [0, 0.1) is 0 Å². The van der Waals surface area contributed by atoms with Gasteiger partial charge in [0.15, 0.2) is 5.82 Å². The third-order valence-electron chi connectivity index (χ3n) is 6.36. The minimum Gasteiger partial charge on any atom is -0.366 e. The number of aromatic nitrogens is 4. The van der Waals surface area contributed by atoms with Crippen LogP contribution in [0.5, 0.6) is 0 Å². The number of hydrogen-bond donors (Lipinski definition) is 3. The van der Waals surface area contributed by atoms with Gasteiger partial charge in [0.25, 0.3) is 0 Å². The van der Waals surface area contributed by atoms with Crippen molar-refractivity contribution in [3.63, 3.8) is 0 Å². The van der Waals surface area contributed by atoms with Gasteiger partial charge in [0, 0.05) is 17.2 Å². The van der Waals surface area contributed by atoms with Crippen molar-refractivity contribution in [1.82, 2.24) is 25.5 Å². The predicted octanol–water partition coefficient (Wildman–Crippen LogP) is 0.839. The van der Waals surface area contributed by atoms with Crippen molar-refractivity contribution in [2.24, 2.45) is 18.5 Å². The first-order valence-electron chi connectivity index (χ1n) is 10.5. The van der Waals surface area contributed by atoms with Gasteiger partial charge in [0.2, 0.25) is 11.8 Å². The summed E-state index contributed by atoms with van der Waals surface area (Å²) in [7, 11) is 3.64. The molecule has 0 aliphatic heterocycles. The van der Waals surface area contributed by atoms with Crippen molar-refractivity contribution in [2.75, 3.05) is 7.05 Å². The zero-order valence-corrected chi connectivity index (χ0v) is 18.4. The molecular formula is C23H27N7O2. The molecular weight excluding hydrogens is 406 g/mol. The third-order valence-corrected chi connectivity index (χ3v) is 6.36. The summed E-state index contributed by atoms with van der Waals surface area (Å²) in [6.07, 6.45) is 1.98. The number of hydrogen-bond acceptors (Lipinski definition) is 6. The fourth-order valence-corrected chi connectivity index (χ4v) is 4.72. The van der Waals surface area contributed by atoms with E-state index in [0.717, 1.165) is 22.3 Å². The molecule has 0 radical (unpaired) electrons. The quantitative estimate of drug-likeness (QED) is 0.526. The van der Waals surface area contributed by atoms with Gasteiger partial charge in [-0.2, -0.15) is 4.80 Å². The van der Waals surface area contributed by atoms with Gasteiger partial charge in [-0.05, 0) is 85.0 Å². The molecule has 32 heavy (non-hydrogen) atoms. The number of nitrogens with zero attached hydrogens (tertiary/aromatic N) is 4. The topological polar surface area (TPSA) is 142 Å². The predicted molar refractivity (Wildman–Crippen MR) is 119 cm³/mol. The summed E-state index contributed by atoms with van der Waals surface area (Å²) in [5.74, 6) is -0.389. The van der Waals surface area contributed by atoms with Crippen LogP contribution in [0.1, 0.15) is 62.1 Å². The number of carbonyl (C=O) groups excluding carboxylic acids is 2. The van der Waals surface area contributed by atoms with Crippen LogP contribution in [0.2, 0.25) is 0 Å². The Bertz CT molecular complexity index is 1140. The minimum atomic E-state index is -0.746. The molecule has 9 heteroatoms. The number of carbonyl (C=O) groups is 2. The lowest BCUT2D eigenvalue weighted by Gasteiger charge is -2.36. The van der Waals surface area contributed by atoms with E-state index >= 15 is 0 Å². The van der Waals surface area contributed by atoms with Crippen molar-refractivity contribution >= 4 is 11.8 Å². The maximum absolute atomic E-state index is 11.9. The fraction of sp³-hybridized carbons (Fsp3) is 0.348. The molecule has 1 atom stereocenters. The van der Waals surface area contributed by atoms with Crippen LogP contribution in [0.4, 0.5) is 0 Å². The smallest absolute Gasteiger partial charge is 0.248 e. The van der Waals surface area contributed by atoms with Crippen LogP contribution in [-0.2, 0) is 25.3 Å². The molecule has 3 aromatic rings. The molecule has 5 N–H and O–H groups in total. The van der Waals surface area contributed by atoms with E-state index in [9.17, 15) is 9.59 Å². The van der Waals surface area contributed by atoms with Crippen molar-refractivity contribution in [3.05, 3.63) is 75.6 Å². The van der Waals surface area contributed by atoms with Crippen LogP contribution in [0.25, 0.3) is 0 Å². The molecule has 1 aromatic heterocycles. The van der Waals surface area contributed by atoms with E-state index in [0.29, 0.717) is 36.2 Å². The summed E-state index contributed by atoms with van der Waals surface area (Å²) in [6, 6.07) is 11.2. The Morgan fingerprint density at radius 3 is 2.00 bits per heavy atom. The van der Waals surface area contributed by atoms with E-state index in [2.05, 4.69) is 27.7 Å². The van der Waals surface area contributed by atoms with Crippen molar-refractivity contribution < 1.29 is 9.59 Å². The molecule has 2 aromatic carbocycles. The first-order chi connectivity index (χ1) is 15.3. The summed E-state index contributed by atoms with van der Waals surface area (Å²) >= 11 is 0. The summed E-state index contributed by atoms with van der Waals surface area (Å²) in [6.45, 7) is 2.10. The number of nitrogens with two attached hydrogens (primary N) is 2. The van der Waals surface area contributed by atoms with E-state index in [4.69, 9.17) is 11.5 Å². The Kier molecular flexibility index (Phi) is 5.52. The maximum atomic E-state index is 11.9. The second-order valence-corrected chi connectivity index (χ2v) is 8.37. The van der Waals surface area contributed by atoms with Gasteiger partial charge < -0.3 is 16.8 Å². The van der Waals surface area contributed by atoms with Gasteiger partial charge in [0.1, 0.15) is 0 Å². The number of rotatable bonds is 6. The number of amides is 2. The number of fused-ring (bicyclic) bond motifs is 2. The summed E-state index contributed by atoms with van der Waals surface area (Å²) in [5.41, 5.74) is 15.3. The second kappa shape index (κ2) is 8.16. The average Bonchev–Trinajstić information content (AvgIpc) is 3.16. The lowest BCUT2D eigenvalue weighted by Crippen LogP contribution is -2.39. The standard InChI is InChI=1S/C23H27N7O2/c1-13(26-2)12-23(22-27-29-30(3)28-22)18-8-6-16(20(24)31)10-14(18)4-5-15-11-17(21(25)32)7-9-19(15)23/h6-11,13,26H,4-5,12H2,1-3H3,(H2,24,31)(H2,25,32)/t13-/m0/s1. The SMILES string of the molecule is CN[C@@H](C)CC1(c2nnn(C)n2)c2ccc(C(N)=O)cc2CCc2cc(C(N)=O)ccc21. The van der Waals surface area contributed by atoms with E-state index in [1.165, 1.54) is 4.80 Å². The summed E-state index contributed by atoms with van der Waals surface area (Å²) < 4.78 is 0. The molecule has 0 bridgehead atoms. The van der Waals surface area contributed by atoms with Crippen LogP contribution < -0.4 is 16.8 Å². The van der Waals surface area contributed by atoms with Gasteiger partial charge in [-0.3, -0.25) is 9.59 Å². The van der Waals surface area contributed by atoms with Crippen LogP contribution >= 0.6 is 0 Å². The Hall–Kier alpha value is -3.59. The molecule has 4 rings (SSSR count). The number of tetrazole rings is 1. The molecule has 0 saturated carbocycles. The minimum absolute atomic E-state index is 0.101. The normalized spacial score (nSPS) is 15.3. The van der Waals surface area contributed by atoms with Gasteiger partial charge in [-0.1, -0.05) is 12.1 Å². The Morgan fingerprint density at radius 1 is 1.06 bits per heavy atom. The van der Waals surface area contributed by atoms with Crippen LogP contribution in [0.15, 0.2) is 36.4 Å². The third kappa shape index (κ3) is 3.54. The van der Waals surface area contributed by atoms with Crippen molar-refractivity contribution in [3.8, 4) is 0 Å². The first-order valence-corrected chi connectivity index (χ1v) is 10.5. The van der Waals surface area contributed by atoms with Gasteiger partial charge in [-0.15, -0.1) is 10.2 Å². The van der Waals surface area contributed by atoms with Crippen molar-refractivity contribution in [2.45, 2.75) is 37.6 Å². The summed E-state index contributed by atoms with van der Waals surface area (Å²) in [4.78, 5) is 25.2. The zero-order chi connectivity index (χ0) is 23.0. The van der Waals surface area contributed by atoms with Gasteiger partial charge in [-0.25, -0.2) is 0 Å². The fourth-order valence-electron chi connectivity index (χ4n) is 4.72. The Balaban J connectivity index is 2.08. The number of primary amides is 2. The summed E-state index contributed by atoms with van der Waals surface area (Å²) in [5, 5.41) is 16.5. The molecule has 9 nitrogen and oxygen atoms in total. The average molecular weight is 434 g/mol. The second-order valence-electron chi connectivity index (χ2n) is 8.37. The molecule has 166 valence electrons. The molecule has 0 unspecified atom stereocenters. The molecule has 1 heterocycles. The van der Waals surface area contributed by atoms with Gasteiger partial charge in [0.05, 0.1) is 12.5 Å². The number of nitrogens with one attached hydrogen (secondary N) is 1. The molecule has 0 saturated heterocycles. The molecule has 1 aliphatic carbocycles. The van der Waals surface area contributed by atoms with Crippen LogP contribution in [-0.4, -0.2) is 45.1 Å². The van der Waals surface area contributed by atoms with Gasteiger partial charge >= 0.3 is 0 Å². The van der Waals surface area contributed by atoms with Crippen LogP contribution in [0.3, 0.4) is 0 Å². The lowest BCUT2D eigenvalue weighted by atomic mass is 9.68. The molecule has 2 amide bonds. The molecule has 1 aliphatic rings. The highest BCUT2D eigenvalue weighted by Crippen LogP contribution is 2.46. The Labute approximate surface area is 186 Å². The lowest BCUT2D eigenvalue weighted by molar-refractivity contribution is 0.0991. The number of benzene rings is 2. The maximum Gasteiger partial charge on any atom is 0.248 e. The van der Waals surface area contributed by atoms with Crippen molar-refractivity contribution in [1.29, 1.82) is 0 Å².